The van der Waals surface area contributed by atoms with Crippen LogP contribution in [0, 0.1) is 0 Å². The van der Waals surface area contributed by atoms with Crippen LogP contribution in [-0.4, -0.2) is 30.4 Å². The lowest BCUT2D eigenvalue weighted by Gasteiger charge is -2.25. The van der Waals surface area contributed by atoms with Gasteiger partial charge in [0.05, 0.1) is 5.56 Å². The lowest BCUT2D eigenvalue weighted by Crippen LogP contribution is -2.35. The van der Waals surface area contributed by atoms with Crippen molar-refractivity contribution in [3.63, 3.8) is 0 Å². The van der Waals surface area contributed by atoms with Crippen molar-refractivity contribution in [3.05, 3.63) is 29.8 Å². The zero-order chi connectivity index (χ0) is 13.0. The SMILES string of the molecule is CCNc1ccccc1C(=O)N(C)C1CCCC1. The molecule has 0 atom stereocenters. The molecule has 18 heavy (non-hydrogen) atoms. The molecule has 1 aromatic carbocycles. The molecule has 1 aliphatic carbocycles. The minimum atomic E-state index is 0.137. The summed E-state index contributed by atoms with van der Waals surface area (Å²) in [6.45, 7) is 2.87. The number of anilines is 1. The molecule has 1 aliphatic rings. The normalized spacial score (nSPS) is 15.7. The van der Waals surface area contributed by atoms with Crippen LogP contribution >= 0.6 is 0 Å². The Hall–Kier alpha value is -1.51. The lowest BCUT2D eigenvalue weighted by atomic mass is 10.1. The second-order valence-electron chi connectivity index (χ2n) is 4.93. The zero-order valence-electron chi connectivity index (χ0n) is 11.3. The van der Waals surface area contributed by atoms with E-state index < -0.39 is 0 Å². The van der Waals surface area contributed by atoms with E-state index in [1.165, 1.54) is 12.8 Å². The molecule has 1 N–H and O–H groups in total. The number of benzene rings is 1. The summed E-state index contributed by atoms with van der Waals surface area (Å²) in [4.78, 5) is 14.4. The molecule has 1 saturated carbocycles. The van der Waals surface area contributed by atoms with Crippen molar-refractivity contribution in [2.75, 3.05) is 18.9 Å². The van der Waals surface area contributed by atoms with Crippen LogP contribution in [0.3, 0.4) is 0 Å². The predicted octanol–water partition coefficient (Wildman–Crippen LogP) is 3.13. The average Bonchev–Trinajstić information content (AvgIpc) is 2.92. The molecule has 98 valence electrons. The van der Waals surface area contributed by atoms with Crippen molar-refractivity contribution in [1.29, 1.82) is 0 Å². The maximum absolute atomic E-state index is 12.5. The molecule has 0 saturated heterocycles. The molecule has 1 amide bonds. The highest BCUT2D eigenvalue weighted by Crippen LogP contribution is 2.25. The minimum absolute atomic E-state index is 0.137. The number of para-hydroxylation sites is 1. The van der Waals surface area contributed by atoms with Crippen molar-refractivity contribution in [3.8, 4) is 0 Å². The number of rotatable bonds is 4. The first-order valence-electron chi connectivity index (χ1n) is 6.84. The first kappa shape index (κ1) is 12.9. The van der Waals surface area contributed by atoms with Crippen LogP contribution in [0.2, 0.25) is 0 Å². The molecule has 0 unspecified atom stereocenters. The largest absolute Gasteiger partial charge is 0.385 e. The van der Waals surface area contributed by atoms with Gasteiger partial charge in [0.25, 0.3) is 5.91 Å². The van der Waals surface area contributed by atoms with Crippen molar-refractivity contribution in [1.82, 2.24) is 4.90 Å². The van der Waals surface area contributed by atoms with Gasteiger partial charge in [0.2, 0.25) is 0 Å². The molecule has 0 radical (unpaired) electrons. The standard InChI is InChI=1S/C15H22N2O/c1-3-16-14-11-7-6-10-13(14)15(18)17(2)12-8-4-5-9-12/h6-7,10-12,16H,3-5,8-9H2,1-2H3. The molecular weight excluding hydrogens is 224 g/mol. The van der Waals surface area contributed by atoms with Crippen LogP contribution in [-0.2, 0) is 0 Å². The number of carbonyl (C=O) groups excluding carboxylic acids is 1. The van der Waals surface area contributed by atoms with Gasteiger partial charge in [0.1, 0.15) is 0 Å². The van der Waals surface area contributed by atoms with Gasteiger partial charge in [-0.1, -0.05) is 25.0 Å². The Morgan fingerprint density at radius 3 is 2.67 bits per heavy atom. The van der Waals surface area contributed by atoms with Gasteiger partial charge in [-0.15, -0.1) is 0 Å². The highest BCUT2D eigenvalue weighted by atomic mass is 16.2. The van der Waals surface area contributed by atoms with Crippen molar-refractivity contribution in [2.24, 2.45) is 0 Å². The third-order valence-electron chi connectivity index (χ3n) is 3.72. The first-order chi connectivity index (χ1) is 8.74. The highest BCUT2D eigenvalue weighted by Gasteiger charge is 2.25. The van der Waals surface area contributed by atoms with Crippen LogP contribution < -0.4 is 5.32 Å². The second kappa shape index (κ2) is 5.89. The molecule has 3 nitrogen and oxygen atoms in total. The van der Waals surface area contributed by atoms with E-state index in [4.69, 9.17) is 0 Å². The van der Waals surface area contributed by atoms with Gasteiger partial charge < -0.3 is 10.2 Å². The number of hydrogen-bond donors (Lipinski definition) is 1. The summed E-state index contributed by atoms with van der Waals surface area (Å²) >= 11 is 0. The van der Waals surface area contributed by atoms with E-state index in [9.17, 15) is 4.79 Å². The molecule has 0 aromatic heterocycles. The fourth-order valence-electron chi connectivity index (χ4n) is 2.66. The number of nitrogens with zero attached hydrogens (tertiary/aromatic N) is 1. The molecule has 0 spiro atoms. The van der Waals surface area contributed by atoms with Crippen molar-refractivity contribution >= 4 is 11.6 Å². The Balaban J connectivity index is 2.16. The summed E-state index contributed by atoms with van der Waals surface area (Å²) in [7, 11) is 1.93. The molecule has 0 aliphatic heterocycles. The van der Waals surface area contributed by atoms with Crippen molar-refractivity contribution in [2.45, 2.75) is 38.6 Å². The van der Waals surface area contributed by atoms with E-state index in [1.807, 2.05) is 43.1 Å². The smallest absolute Gasteiger partial charge is 0.255 e. The fraction of sp³-hybridized carbons (Fsp3) is 0.533. The van der Waals surface area contributed by atoms with E-state index in [1.54, 1.807) is 0 Å². The van der Waals surface area contributed by atoms with E-state index >= 15 is 0 Å². The summed E-state index contributed by atoms with van der Waals surface area (Å²) in [5.74, 6) is 0.137. The van der Waals surface area contributed by atoms with Gasteiger partial charge in [0, 0.05) is 25.3 Å². The highest BCUT2D eigenvalue weighted by molar-refractivity contribution is 5.99. The van der Waals surface area contributed by atoms with Crippen LogP contribution in [0.4, 0.5) is 5.69 Å². The zero-order valence-corrected chi connectivity index (χ0v) is 11.3. The van der Waals surface area contributed by atoms with E-state index in [2.05, 4.69) is 5.32 Å². The van der Waals surface area contributed by atoms with Gasteiger partial charge in [-0.05, 0) is 31.9 Å². The second-order valence-corrected chi connectivity index (χ2v) is 4.93. The summed E-state index contributed by atoms with van der Waals surface area (Å²) in [6.07, 6.45) is 4.78. The molecule has 1 aromatic rings. The van der Waals surface area contributed by atoms with Gasteiger partial charge >= 0.3 is 0 Å². The molecule has 3 heteroatoms. The Morgan fingerprint density at radius 1 is 1.33 bits per heavy atom. The van der Waals surface area contributed by atoms with E-state index in [-0.39, 0.29) is 5.91 Å². The molecular formula is C15H22N2O. The van der Waals surface area contributed by atoms with Gasteiger partial charge in [-0.25, -0.2) is 0 Å². The molecule has 0 bridgehead atoms. The van der Waals surface area contributed by atoms with Crippen LogP contribution in [0.15, 0.2) is 24.3 Å². The average molecular weight is 246 g/mol. The van der Waals surface area contributed by atoms with E-state index in [0.29, 0.717) is 6.04 Å². The topological polar surface area (TPSA) is 32.3 Å². The van der Waals surface area contributed by atoms with Crippen LogP contribution in [0.5, 0.6) is 0 Å². The first-order valence-corrected chi connectivity index (χ1v) is 6.84. The Kier molecular flexibility index (Phi) is 4.24. The minimum Gasteiger partial charge on any atom is -0.385 e. The Bertz CT molecular complexity index is 411. The van der Waals surface area contributed by atoms with Crippen LogP contribution in [0.1, 0.15) is 43.0 Å². The molecule has 1 fully saturated rings. The predicted molar refractivity (Wildman–Crippen MR) is 75.0 cm³/mol. The third kappa shape index (κ3) is 2.66. The maximum Gasteiger partial charge on any atom is 0.255 e. The van der Waals surface area contributed by atoms with Gasteiger partial charge in [0.15, 0.2) is 0 Å². The summed E-state index contributed by atoms with van der Waals surface area (Å²) in [6, 6.07) is 8.19. The summed E-state index contributed by atoms with van der Waals surface area (Å²) < 4.78 is 0. The number of amides is 1. The third-order valence-corrected chi connectivity index (χ3v) is 3.72. The quantitative estimate of drug-likeness (QED) is 0.885. The summed E-state index contributed by atoms with van der Waals surface area (Å²) in [5.41, 5.74) is 1.73. The van der Waals surface area contributed by atoms with Crippen molar-refractivity contribution < 1.29 is 4.79 Å². The molecule has 0 heterocycles. The van der Waals surface area contributed by atoms with E-state index in [0.717, 1.165) is 30.6 Å². The van der Waals surface area contributed by atoms with Crippen LogP contribution in [0.25, 0.3) is 0 Å². The number of hydrogen-bond acceptors (Lipinski definition) is 2. The fourth-order valence-corrected chi connectivity index (χ4v) is 2.66. The maximum atomic E-state index is 12.5. The van der Waals surface area contributed by atoms with Gasteiger partial charge in [-0.3, -0.25) is 4.79 Å². The monoisotopic (exact) mass is 246 g/mol. The summed E-state index contributed by atoms with van der Waals surface area (Å²) in [5, 5.41) is 3.25. The lowest BCUT2D eigenvalue weighted by molar-refractivity contribution is 0.0736. The molecule has 2 rings (SSSR count). The Morgan fingerprint density at radius 2 is 2.00 bits per heavy atom. The number of carbonyl (C=O) groups is 1. The Labute approximate surface area is 109 Å². The number of nitrogens with one attached hydrogen (secondary N) is 1. The van der Waals surface area contributed by atoms with Gasteiger partial charge in [-0.2, -0.15) is 0 Å².